The minimum absolute atomic E-state index is 0.351. The van der Waals surface area contributed by atoms with Gasteiger partial charge in [0.2, 0.25) is 0 Å². The van der Waals surface area contributed by atoms with Crippen LogP contribution in [0, 0.1) is 34.6 Å². The van der Waals surface area contributed by atoms with Crippen molar-refractivity contribution in [2.24, 2.45) is 0 Å². The molecule has 0 aliphatic rings. The number of H-pyrrole nitrogens is 1. The molecule has 0 saturated heterocycles. The van der Waals surface area contributed by atoms with E-state index < -0.39 is 10.0 Å². The zero-order chi connectivity index (χ0) is 15.1. The average Bonchev–Trinajstić information content (AvgIpc) is 2.72. The predicted octanol–water partition coefficient (Wildman–Crippen LogP) is 2.75. The number of nitrogens with zero attached hydrogens (tertiary/aromatic N) is 1. The SMILES string of the molecule is Cc1cn[nH]c1NS(=O)(=O)c1c(C)c(C)cc(C)c1C. The lowest BCUT2D eigenvalue weighted by Gasteiger charge is -2.16. The molecule has 0 aliphatic carbocycles. The van der Waals surface area contributed by atoms with Crippen molar-refractivity contribution < 1.29 is 8.42 Å². The van der Waals surface area contributed by atoms with Gasteiger partial charge >= 0.3 is 0 Å². The maximum absolute atomic E-state index is 12.6. The minimum Gasteiger partial charge on any atom is -0.263 e. The van der Waals surface area contributed by atoms with Gasteiger partial charge in [-0.05, 0) is 56.9 Å². The van der Waals surface area contributed by atoms with Crippen molar-refractivity contribution in [2.75, 3.05) is 4.72 Å². The van der Waals surface area contributed by atoms with Crippen LogP contribution in [-0.4, -0.2) is 18.6 Å². The Morgan fingerprint density at radius 3 is 2.00 bits per heavy atom. The monoisotopic (exact) mass is 293 g/mol. The minimum atomic E-state index is -3.63. The van der Waals surface area contributed by atoms with Crippen LogP contribution in [0.5, 0.6) is 0 Å². The van der Waals surface area contributed by atoms with Gasteiger partial charge in [-0.2, -0.15) is 5.10 Å². The van der Waals surface area contributed by atoms with Crippen molar-refractivity contribution in [3.8, 4) is 0 Å². The molecule has 1 aromatic heterocycles. The predicted molar refractivity (Wildman–Crippen MR) is 79.5 cm³/mol. The van der Waals surface area contributed by atoms with Gasteiger partial charge in [0.1, 0.15) is 5.82 Å². The maximum atomic E-state index is 12.6. The van der Waals surface area contributed by atoms with Gasteiger partial charge < -0.3 is 0 Å². The van der Waals surface area contributed by atoms with Crippen LogP contribution in [-0.2, 0) is 10.0 Å². The quantitative estimate of drug-likeness (QED) is 0.913. The number of hydrogen-bond acceptors (Lipinski definition) is 3. The number of rotatable bonds is 3. The summed E-state index contributed by atoms with van der Waals surface area (Å²) in [6, 6.07) is 2.01. The Morgan fingerprint density at radius 1 is 1.00 bits per heavy atom. The third kappa shape index (κ3) is 2.43. The van der Waals surface area contributed by atoms with E-state index in [0.717, 1.165) is 27.8 Å². The molecule has 2 N–H and O–H groups in total. The van der Waals surface area contributed by atoms with Gasteiger partial charge in [-0.15, -0.1) is 0 Å². The van der Waals surface area contributed by atoms with E-state index in [2.05, 4.69) is 14.9 Å². The highest BCUT2D eigenvalue weighted by Crippen LogP contribution is 2.27. The number of sulfonamides is 1. The Hall–Kier alpha value is -1.82. The van der Waals surface area contributed by atoms with Crippen LogP contribution >= 0.6 is 0 Å². The summed E-state index contributed by atoms with van der Waals surface area (Å²) in [6.07, 6.45) is 1.58. The van der Waals surface area contributed by atoms with E-state index in [1.54, 1.807) is 13.1 Å². The van der Waals surface area contributed by atoms with E-state index in [1.807, 2.05) is 33.8 Å². The summed E-state index contributed by atoms with van der Waals surface area (Å²) in [4.78, 5) is 0.351. The standard InChI is InChI=1S/C14H19N3O2S/c1-8-6-9(2)12(5)13(11(8)4)20(18,19)17-14-10(3)7-15-16-14/h6-7H,1-5H3,(H2,15,16,17). The van der Waals surface area contributed by atoms with Crippen molar-refractivity contribution >= 4 is 15.8 Å². The van der Waals surface area contributed by atoms with Crippen LogP contribution in [0.2, 0.25) is 0 Å². The molecule has 0 aliphatic heterocycles. The third-order valence-corrected chi connectivity index (χ3v) is 5.25. The fraction of sp³-hybridized carbons (Fsp3) is 0.357. The molecule has 2 rings (SSSR count). The molecule has 108 valence electrons. The molecule has 0 atom stereocenters. The van der Waals surface area contributed by atoms with E-state index in [4.69, 9.17) is 0 Å². The number of nitrogens with one attached hydrogen (secondary N) is 2. The molecule has 0 spiro atoms. The highest BCUT2D eigenvalue weighted by Gasteiger charge is 2.23. The first-order valence-electron chi connectivity index (χ1n) is 6.34. The lowest BCUT2D eigenvalue weighted by molar-refractivity contribution is 0.599. The van der Waals surface area contributed by atoms with Crippen molar-refractivity contribution in [3.05, 3.63) is 40.1 Å². The molecule has 0 bridgehead atoms. The fourth-order valence-electron chi connectivity index (χ4n) is 2.22. The average molecular weight is 293 g/mol. The lowest BCUT2D eigenvalue weighted by Crippen LogP contribution is -2.17. The van der Waals surface area contributed by atoms with Crippen LogP contribution in [0.4, 0.5) is 5.82 Å². The van der Waals surface area contributed by atoms with Gasteiger partial charge in [0.25, 0.3) is 10.0 Å². The molecule has 6 heteroatoms. The number of aryl methyl sites for hydroxylation is 3. The maximum Gasteiger partial charge on any atom is 0.263 e. The number of aromatic amines is 1. The smallest absolute Gasteiger partial charge is 0.263 e. The van der Waals surface area contributed by atoms with E-state index in [1.165, 1.54) is 0 Å². The first-order valence-corrected chi connectivity index (χ1v) is 7.82. The van der Waals surface area contributed by atoms with E-state index in [9.17, 15) is 8.42 Å². The molecule has 5 nitrogen and oxygen atoms in total. The van der Waals surface area contributed by atoms with Gasteiger partial charge in [0, 0.05) is 5.56 Å². The van der Waals surface area contributed by atoms with Crippen molar-refractivity contribution in [1.29, 1.82) is 0 Å². The second kappa shape index (κ2) is 4.94. The largest absolute Gasteiger partial charge is 0.263 e. The lowest BCUT2D eigenvalue weighted by atomic mass is 10.0. The molecule has 1 aromatic carbocycles. The summed E-state index contributed by atoms with van der Waals surface area (Å²) in [7, 11) is -3.63. The summed E-state index contributed by atoms with van der Waals surface area (Å²) in [5, 5.41) is 6.49. The van der Waals surface area contributed by atoms with Crippen molar-refractivity contribution in [1.82, 2.24) is 10.2 Å². The second-order valence-corrected chi connectivity index (χ2v) is 6.74. The molecule has 0 amide bonds. The number of benzene rings is 1. The Balaban J connectivity index is 2.58. The molecule has 1 heterocycles. The van der Waals surface area contributed by atoms with E-state index in [-0.39, 0.29) is 0 Å². The zero-order valence-corrected chi connectivity index (χ0v) is 13.1. The fourth-order valence-corrected chi connectivity index (χ4v) is 3.92. The molecular formula is C14H19N3O2S. The molecular weight excluding hydrogens is 274 g/mol. The normalized spacial score (nSPS) is 11.7. The Bertz CT molecular complexity index is 735. The highest BCUT2D eigenvalue weighted by molar-refractivity contribution is 7.92. The van der Waals surface area contributed by atoms with Crippen LogP contribution in [0.3, 0.4) is 0 Å². The van der Waals surface area contributed by atoms with Gasteiger partial charge in [0.05, 0.1) is 11.1 Å². The summed E-state index contributed by atoms with van der Waals surface area (Å²) in [5.74, 6) is 0.406. The van der Waals surface area contributed by atoms with Crippen LogP contribution in [0.1, 0.15) is 27.8 Å². The van der Waals surface area contributed by atoms with Crippen molar-refractivity contribution in [2.45, 2.75) is 39.5 Å². The van der Waals surface area contributed by atoms with Crippen LogP contribution in [0.25, 0.3) is 0 Å². The number of aromatic nitrogens is 2. The topological polar surface area (TPSA) is 74.8 Å². The van der Waals surface area contributed by atoms with E-state index in [0.29, 0.717) is 10.7 Å². The van der Waals surface area contributed by atoms with Gasteiger partial charge in [-0.1, -0.05) is 6.07 Å². The van der Waals surface area contributed by atoms with Gasteiger partial charge in [0.15, 0.2) is 0 Å². The highest BCUT2D eigenvalue weighted by atomic mass is 32.2. The summed E-state index contributed by atoms with van der Waals surface area (Å²) in [5.41, 5.74) is 4.24. The summed E-state index contributed by atoms with van der Waals surface area (Å²) < 4.78 is 27.9. The summed E-state index contributed by atoms with van der Waals surface area (Å²) in [6.45, 7) is 9.29. The van der Waals surface area contributed by atoms with Gasteiger partial charge in [-0.3, -0.25) is 9.82 Å². The molecule has 0 fully saturated rings. The molecule has 0 unspecified atom stereocenters. The van der Waals surface area contributed by atoms with Crippen molar-refractivity contribution in [3.63, 3.8) is 0 Å². The molecule has 2 aromatic rings. The van der Waals surface area contributed by atoms with Crippen LogP contribution in [0.15, 0.2) is 17.2 Å². The molecule has 20 heavy (non-hydrogen) atoms. The van der Waals surface area contributed by atoms with E-state index >= 15 is 0 Å². The van der Waals surface area contributed by atoms with Gasteiger partial charge in [-0.25, -0.2) is 8.42 Å². The molecule has 0 radical (unpaired) electrons. The first-order chi connectivity index (χ1) is 9.24. The first kappa shape index (κ1) is 14.6. The Labute approximate surface area is 119 Å². The number of anilines is 1. The Morgan fingerprint density at radius 2 is 1.55 bits per heavy atom. The van der Waals surface area contributed by atoms with Crippen LogP contribution < -0.4 is 4.72 Å². The number of hydrogen-bond donors (Lipinski definition) is 2. The Kier molecular flexibility index (Phi) is 3.60. The summed E-state index contributed by atoms with van der Waals surface area (Å²) >= 11 is 0. The molecule has 0 saturated carbocycles. The zero-order valence-electron chi connectivity index (χ0n) is 12.3. The second-order valence-electron chi connectivity index (χ2n) is 5.12. The third-order valence-electron chi connectivity index (χ3n) is 3.63.